The van der Waals surface area contributed by atoms with E-state index in [0.717, 1.165) is 17.5 Å². The van der Waals surface area contributed by atoms with E-state index >= 15 is 0 Å². The molecule has 4 rings (SSSR count). The number of imidazole rings is 1. The van der Waals surface area contributed by atoms with Crippen LogP contribution in [0, 0.1) is 5.41 Å². The van der Waals surface area contributed by atoms with Gasteiger partial charge in [0, 0.05) is 11.4 Å². The molecular weight excluding hydrogens is 384 g/mol. The number of esters is 1. The summed E-state index contributed by atoms with van der Waals surface area (Å²) >= 11 is 1.74. The summed E-state index contributed by atoms with van der Waals surface area (Å²) in [5, 5.41) is 2.17. The van der Waals surface area contributed by atoms with E-state index in [9.17, 15) is 9.59 Å². The van der Waals surface area contributed by atoms with Gasteiger partial charge in [0.25, 0.3) is 0 Å². The normalized spacial score (nSPS) is 16.2. The van der Waals surface area contributed by atoms with Crippen LogP contribution < -0.4 is 5.69 Å². The van der Waals surface area contributed by atoms with Crippen molar-refractivity contribution in [2.75, 3.05) is 7.11 Å². The fourth-order valence-corrected chi connectivity index (χ4v) is 5.32. The monoisotopic (exact) mass is 410 g/mol. The second-order valence-electron chi connectivity index (χ2n) is 8.40. The number of para-hydroxylation sites is 2. The molecule has 0 spiro atoms. The molecular formula is C23H26N2O3S. The number of nitrogens with zero attached hydrogens (tertiary/aromatic N) is 2. The first-order valence-electron chi connectivity index (χ1n) is 9.86. The largest absolute Gasteiger partial charge is 0.469 e. The second-order valence-corrected chi connectivity index (χ2v) is 9.31. The van der Waals surface area contributed by atoms with Crippen molar-refractivity contribution in [2.45, 2.75) is 46.2 Å². The number of carbonyl (C=O) groups is 1. The lowest BCUT2D eigenvalue weighted by atomic mass is 9.90. The molecule has 3 aromatic rings. The number of ether oxygens (including phenoxy) is 1. The SMILES string of the molecule is COC(=O)C(C)(C)Cn1c(=O)n(Cc2csc3c2C(C)CC=C3)c2ccccc21. The van der Waals surface area contributed by atoms with Gasteiger partial charge in [-0.15, -0.1) is 11.3 Å². The molecule has 29 heavy (non-hydrogen) atoms. The maximum Gasteiger partial charge on any atom is 0.329 e. The van der Waals surface area contributed by atoms with Gasteiger partial charge in [-0.2, -0.15) is 0 Å². The van der Waals surface area contributed by atoms with E-state index in [4.69, 9.17) is 4.74 Å². The molecule has 2 heterocycles. The van der Waals surface area contributed by atoms with Gasteiger partial charge in [0.15, 0.2) is 0 Å². The summed E-state index contributed by atoms with van der Waals surface area (Å²) in [4.78, 5) is 26.9. The standard InChI is InChI=1S/C23H26N2O3S/c1-15-8-7-11-19-20(15)16(13-29-19)12-24-17-9-5-6-10-18(17)25(22(24)27)14-23(2,3)21(26)28-4/h5-7,9-11,13,15H,8,12,14H2,1-4H3. The van der Waals surface area contributed by atoms with E-state index in [2.05, 4.69) is 24.5 Å². The number of aromatic nitrogens is 2. The Labute approximate surface area is 174 Å². The molecule has 0 saturated heterocycles. The van der Waals surface area contributed by atoms with Crippen LogP contribution in [0.15, 0.2) is 40.5 Å². The predicted octanol–water partition coefficient (Wildman–Crippen LogP) is 4.63. The van der Waals surface area contributed by atoms with Gasteiger partial charge in [0.1, 0.15) is 0 Å². The van der Waals surface area contributed by atoms with Crippen LogP contribution in [0.2, 0.25) is 0 Å². The van der Waals surface area contributed by atoms with Crippen LogP contribution in [0.1, 0.15) is 49.1 Å². The Kier molecular flexibility index (Phi) is 4.99. The average molecular weight is 411 g/mol. The first-order valence-corrected chi connectivity index (χ1v) is 10.7. The third-order valence-electron chi connectivity index (χ3n) is 5.74. The molecule has 1 aliphatic carbocycles. The van der Waals surface area contributed by atoms with Crippen LogP contribution in [0.4, 0.5) is 0 Å². The maximum atomic E-state index is 13.4. The highest BCUT2D eigenvalue weighted by molar-refractivity contribution is 7.11. The van der Waals surface area contributed by atoms with E-state index in [-0.39, 0.29) is 18.2 Å². The van der Waals surface area contributed by atoms with Gasteiger partial charge in [-0.3, -0.25) is 13.9 Å². The van der Waals surface area contributed by atoms with Crippen molar-refractivity contribution in [1.82, 2.24) is 9.13 Å². The molecule has 0 fully saturated rings. The Hall–Kier alpha value is -2.60. The number of thiophene rings is 1. The molecule has 2 aromatic heterocycles. The molecule has 5 nitrogen and oxygen atoms in total. The molecule has 6 heteroatoms. The molecule has 0 radical (unpaired) electrons. The number of fused-ring (bicyclic) bond motifs is 2. The van der Waals surface area contributed by atoms with Gasteiger partial charge in [-0.25, -0.2) is 4.79 Å². The summed E-state index contributed by atoms with van der Waals surface area (Å²) in [7, 11) is 1.38. The van der Waals surface area contributed by atoms with E-state index in [0.29, 0.717) is 12.5 Å². The van der Waals surface area contributed by atoms with Gasteiger partial charge in [0.05, 0.1) is 30.1 Å². The molecule has 1 unspecified atom stereocenters. The van der Waals surface area contributed by atoms with Crippen LogP contribution in [0.3, 0.4) is 0 Å². The van der Waals surface area contributed by atoms with Crippen molar-refractivity contribution < 1.29 is 9.53 Å². The zero-order valence-electron chi connectivity index (χ0n) is 17.3. The Morgan fingerprint density at radius 3 is 2.62 bits per heavy atom. The molecule has 0 amide bonds. The summed E-state index contributed by atoms with van der Waals surface area (Å²) in [6.45, 7) is 6.66. The van der Waals surface area contributed by atoms with Crippen molar-refractivity contribution in [1.29, 1.82) is 0 Å². The Balaban J connectivity index is 1.80. The molecule has 0 saturated carbocycles. The smallest absolute Gasteiger partial charge is 0.329 e. The lowest BCUT2D eigenvalue weighted by Crippen LogP contribution is -2.35. The number of hydrogen-bond acceptors (Lipinski definition) is 4. The van der Waals surface area contributed by atoms with E-state index < -0.39 is 5.41 Å². The van der Waals surface area contributed by atoms with Crippen molar-refractivity contribution in [3.05, 3.63) is 62.2 Å². The van der Waals surface area contributed by atoms with Crippen molar-refractivity contribution in [3.8, 4) is 0 Å². The first kappa shape index (κ1) is 19.7. The van der Waals surface area contributed by atoms with Crippen molar-refractivity contribution in [2.24, 2.45) is 5.41 Å². The zero-order chi connectivity index (χ0) is 20.8. The molecule has 1 atom stereocenters. The summed E-state index contributed by atoms with van der Waals surface area (Å²) in [6, 6.07) is 7.78. The molecule has 0 N–H and O–H groups in total. The highest BCUT2D eigenvalue weighted by Crippen LogP contribution is 2.37. The highest BCUT2D eigenvalue weighted by atomic mass is 32.1. The molecule has 1 aromatic carbocycles. The Morgan fingerprint density at radius 2 is 1.93 bits per heavy atom. The molecule has 0 bridgehead atoms. The number of allylic oxidation sites excluding steroid dienone is 1. The van der Waals surface area contributed by atoms with Gasteiger partial charge >= 0.3 is 11.7 Å². The second kappa shape index (κ2) is 7.34. The highest BCUT2D eigenvalue weighted by Gasteiger charge is 2.31. The van der Waals surface area contributed by atoms with Crippen molar-refractivity contribution in [3.63, 3.8) is 0 Å². The summed E-state index contributed by atoms with van der Waals surface area (Å²) in [6.07, 6.45) is 5.44. The van der Waals surface area contributed by atoms with E-state index in [1.165, 1.54) is 23.1 Å². The molecule has 1 aliphatic rings. The molecule has 0 aliphatic heterocycles. The average Bonchev–Trinajstić information content (AvgIpc) is 3.23. The van der Waals surface area contributed by atoms with Crippen LogP contribution in [0.5, 0.6) is 0 Å². The first-order chi connectivity index (χ1) is 13.8. The van der Waals surface area contributed by atoms with E-state index in [1.54, 1.807) is 29.8 Å². The quantitative estimate of drug-likeness (QED) is 0.576. The number of benzene rings is 1. The van der Waals surface area contributed by atoms with Crippen LogP contribution >= 0.6 is 11.3 Å². The number of rotatable bonds is 5. The fourth-order valence-electron chi connectivity index (χ4n) is 4.21. The van der Waals surface area contributed by atoms with Gasteiger partial charge < -0.3 is 4.74 Å². The number of hydrogen-bond donors (Lipinski definition) is 0. The van der Waals surface area contributed by atoms with Crippen LogP contribution in [0.25, 0.3) is 17.1 Å². The third-order valence-corrected chi connectivity index (χ3v) is 6.75. The van der Waals surface area contributed by atoms with E-state index in [1.807, 2.05) is 28.8 Å². The minimum absolute atomic E-state index is 0.0952. The maximum absolute atomic E-state index is 13.4. The lowest BCUT2D eigenvalue weighted by Gasteiger charge is -2.21. The Bertz CT molecular complexity index is 1160. The predicted molar refractivity (Wildman–Crippen MR) is 117 cm³/mol. The number of carbonyl (C=O) groups excluding carboxylic acids is 1. The summed E-state index contributed by atoms with van der Waals surface area (Å²) in [5.41, 5.74) is 3.40. The van der Waals surface area contributed by atoms with Crippen molar-refractivity contribution >= 4 is 34.4 Å². The zero-order valence-corrected chi connectivity index (χ0v) is 18.1. The fraction of sp³-hybridized carbons (Fsp3) is 0.391. The third kappa shape index (κ3) is 3.35. The minimum Gasteiger partial charge on any atom is -0.469 e. The van der Waals surface area contributed by atoms with Gasteiger partial charge in [-0.1, -0.05) is 25.1 Å². The lowest BCUT2D eigenvalue weighted by molar-refractivity contribution is -0.151. The Morgan fingerprint density at radius 1 is 1.24 bits per heavy atom. The minimum atomic E-state index is -0.797. The molecule has 152 valence electrons. The van der Waals surface area contributed by atoms with Crippen LogP contribution in [-0.2, 0) is 22.6 Å². The van der Waals surface area contributed by atoms with Gasteiger partial charge in [-0.05, 0) is 60.9 Å². The number of methoxy groups -OCH3 is 1. The summed E-state index contributed by atoms with van der Waals surface area (Å²) < 4.78 is 8.47. The van der Waals surface area contributed by atoms with Gasteiger partial charge in [0.2, 0.25) is 0 Å². The summed E-state index contributed by atoms with van der Waals surface area (Å²) in [5.74, 6) is 0.132. The van der Waals surface area contributed by atoms with Crippen LogP contribution in [-0.4, -0.2) is 22.2 Å². The topological polar surface area (TPSA) is 53.2 Å².